The maximum absolute atomic E-state index is 6.05. The third-order valence-corrected chi connectivity index (χ3v) is 3.83. The van der Waals surface area contributed by atoms with Crippen LogP contribution in [0.1, 0.15) is 23.4 Å². The second-order valence-corrected chi connectivity index (χ2v) is 5.20. The number of nitrogens with one attached hydrogen (secondary N) is 1. The van der Waals surface area contributed by atoms with Crippen LogP contribution in [0.3, 0.4) is 0 Å². The Balaban J connectivity index is 1.86. The summed E-state index contributed by atoms with van der Waals surface area (Å²) in [7, 11) is 0. The molecule has 0 bridgehead atoms. The molecule has 0 saturated carbocycles. The van der Waals surface area contributed by atoms with Gasteiger partial charge in [-0.3, -0.25) is 5.10 Å². The van der Waals surface area contributed by atoms with Crippen LogP contribution in [0.2, 0.25) is 10.0 Å². The largest absolute Gasteiger partial charge is 0.492 e. The molecule has 0 aliphatic heterocycles. The summed E-state index contributed by atoms with van der Waals surface area (Å²) in [6.45, 7) is 4.64. The minimum atomic E-state index is 0.472. The molecule has 0 radical (unpaired) electrons. The molecule has 102 valence electrons. The molecule has 3 nitrogen and oxygen atoms in total. The van der Waals surface area contributed by atoms with Crippen molar-refractivity contribution in [3.8, 4) is 5.75 Å². The van der Waals surface area contributed by atoms with Gasteiger partial charge in [0.1, 0.15) is 10.8 Å². The fourth-order valence-corrected chi connectivity index (χ4v) is 2.32. The third kappa shape index (κ3) is 3.43. The van der Waals surface area contributed by atoms with Crippen LogP contribution in [0.5, 0.6) is 5.75 Å². The molecule has 0 aliphatic carbocycles. The maximum atomic E-state index is 6.05. The van der Waals surface area contributed by atoms with Crippen molar-refractivity contribution in [1.29, 1.82) is 0 Å². The summed E-state index contributed by atoms with van der Waals surface area (Å²) in [6, 6.07) is 5.39. The van der Waals surface area contributed by atoms with E-state index in [1.165, 1.54) is 5.56 Å². The quantitative estimate of drug-likeness (QED) is 0.834. The van der Waals surface area contributed by atoms with Gasteiger partial charge in [-0.15, -0.1) is 0 Å². The van der Waals surface area contributed by atoms with Gasteiger partial charge in [0, 0.05) is 5.69 Å². The highest BCUT2D eigenvalue weighted by Gasteiger charge is 2.07. The van der Waals surface area contributed by atoms with Crippen molar-refractivity contribution in [3.63, 3.8) is 0 Å². The molecular formula is C14H16Cl2N2O. The Bertz CT molecular complexity index is 547. The molecule has 0 saturated heterocycles. The van der Waals surface area contributed by atoms with Gasteiger partial charge in [-0.2, -0.15) is 5.10 Å². The highest BCUT2D eigenvalue weighted by molar-refractivity contribution is 6.42. The SMILES string of the molecule is Cc1n[nH]c(C)c1CCCOc1cccc(Cl)c1Cl. The van der Waals surface area contributed by atoms with E-state index in [1.54, 1.807) is 6.07 Å². The van der Waals surface area contributed by atoms with Crippen LogP contribution in [0, 0.1) is 13.8 Å². The van der Waals surface area contributed by atoms with Crippen LogP contribution >= 0.6 is 23.2 Å². The first-order valence-corrected chi connectivity index (χ1v) is 6.92. The van der Waals surface area contributed by atoms with E-state index >= 15 is 0 Å². The van der Waals surface area contributed by atoms with Crippen molar-refractivity contribution in [1.82, 2.24) is 10.2 Å². The minimum absolute atomic E-state index is 0.472. The number of nitrogens with zero attached hydrogens (tertiary/aromatic N) is 1. The van der Waals surface area contributed by atoms with E-state index in [2.05, 4.69) is 10.2 Å². The summed E-state index contributed by atoms with van der Waals surface area (Å²) < 4.78 is 5.65. The number of H-pyrrole nitrogens is 1. The Hall–Kier alpha value is -1.19. The molecule has 1 heterocycles. The average molecular weight is 299 g/mol. The number of hydrogen-bond acceptors (Lipinski definition) is 2. The molecular weight excluding hydrogens is 283 g/mol. The molecule has 0 atom stereocenters. The predicted octanol–water partition coefficient (Wildman–Crippen LogP) is 4.34. The minimum Gasteiger partial charge on any atom is -0.492 e. The number of aryl methyl sites for hydroxylation is 2. The number of aromatic amines is 1. The molecule has 2 rings (SSSR count). The number of aromatic nitrogens is 2. The topological polar surface area (TPSA) is 37.9 Å². The Morgan fingerprint density at radius 1 is 1.26 bits per heavy atom. The number of benzene rings is 1. The maximum Gasteiger partial charge on any atom is 0.139 e. The van der Waals surface area contributed by atoms with Gasteiger partial charge in [-0.1, -0.05) is 29.3 Å². The molecule has 1 aromatic carbocycles. The third-order valence-electron chi connectivity index (χ3n) is 3.03. The monoisotopic (exact) mass is 298 g/mol. The average Bonchev–Trinajstić information content (AvgIpc) is 2.70. The highest BCUT2D eigenvalue weighted by atomic mass is 35.5. The van der Waals surface area contributed by atoms with Gasteiger partial charge in [-0.25, -0.2) is 0 Å². The van der Waals surface area contributed by atoms with Crippen molar-refractivity contribution in [2.45, 2.75) is 26.7 Å². The van der Waals surface area contributed by atoms with Crippen molar-refractivity contribution in [2.24, 2.45) is 0 Å². The first kappa shape index (κ1) is 14.2. The Morgan fingerprint density at radius 2 is 2.05 bits per heavy atom. The van der Waals surface area contributed by atoms with E-state index in [9.17, 15) is 0 Å². The Morgan fingerprint density at radius 3 is 2.74 bits per heavy atom. The molecule has 2 aromatic rings. The predicted molar refractivity (Wildman–Crippen MR) is 78.3 cm³/mol. The highest BCUT2D eigenvalue weighted by Crippen LogP contribution is 2.31. The molecule has 5 heteroatoms. The van der Waals surface area contributed by atoms with Gasteiger partial charge in [0.25, 0.3) is 0 Å². The first-order chi connectivity index (χ1) is 9.09. The van der Waals surface area contributed by atoms with Crippen molar-refractivity contribution in [2.75, 3.05) is 6.61 Å². The van der Waals surface area contributed by atoms with Gasteiger partial charge in [0.2, 0.25) is 0 Å². The molecule has 1 N–H and O–H groups in total. The van der Waals surface area contributed by atoms with E-state index in [-0.39, 0.29) is 0 Å². The lowest BCUT2D eigenvalue weighted by molar-refractivity contribution is 0.311. The smallest absolute Gasteiger partial charge is 0.139 e. The molecule has 0 unspecified atom stereocenters. The normalized spacial score (nSPS) is 10.7. The Kier molecular flexibility index (Phi) is 4.72. The zero-order valence-corrected chi connectivity index (χ0v) is 12.5. The van der Waals surface area contributed by atoms with E-state index in [0.717, 1.165) is 24.2 Å². The lowest BCUT2D eigenvalue weighted by Gasteiger charge is -2.08. The van der Waals surface area contributed by atoms with Crippen molar-refractivity contribution >= 4 is 23.2 Å². The lowest BCUT2D eigenvalue weighted by atomic mass is 10.1. The van der Waals surface area contributed by atoms with Gasteiger partial charge in [0.05, 0.1) is 17.3 Å². The number of ether oxygens (including phenoxy) is 1. The second kappa shape index (κ2) is 6.31. The number of halogens is 2. The molecule has 0 spiro atoms. The summed E-state index contributed by atoms with van der Waals surface area (Å²) in [4.78, 5) is 0. The zero-order chi connectivity index (χ0) is 13.8. The van der Waals surface area contributed by atoms with E-state index in [0.29, 0.717) is 22.4 Å². The summed E-state index contributed by atoms with van der Waals surface area (Å²) >= 11 is 12.0. The number of rotatable bonds is 5. The fraction of sp³-hybridized carbons (Fsp3) is 0.357. The second-order valence-electron chi connectivity index (χ2n) is 4.42. The summed E-state index contributed by atoms with van der Waals surface area (Å²) in [5.41, 5.74) is 3.44. The summed E-state index contributed by atoms with van der Waals surface area (Å²) in [5.74, 6) is 0.634. The zero-order valence-electron chi connectivity index (χ0n) is 11.0. The summed E-state index contributed by atoms with van der Waals surface area (Å²) in [6.07, 6.45) is 1.84. The van der Waals surface area contributed by atoms with Crippen LogP contribution in [0.25, 0.3) is 0 Å². The number of hydrogen-bond donors (Lipinski definition) is 1. The van der Waals surface area contributed by atoms with Gasteiger partial charge >= 0.3 is 0 Å². The van der Waals surface area contributed by atoms with Gasteiger partial charge < -0.3 is 4.74 Å². The first-order valence-electron chi connectivity index (χ1n) is 6.17. The van der Waals surface area contributed by atoms with Crippen LogP contribution in [0.4, 0.5) is 0 Å². The van der Waals surface area contributed by atoms with Crippen LogP contribution in [-0.4, -0.2) is 16.8 Å². The van der Waals surface area contributed by atoms with Crippen LogP contribution in [0.15, 0.2) is 18.2 Å². The molecule has 1 aromatic heterocycles. The Labute approximate surface area is 122 Å². The molecule has 0 amide bonds. The van der Waals surface area contributed by atoms with Crippen LogP contribution in [-0.2, 0) is 6.42 Å². The van der Waals surface area contributed by atoms with Gasteiger partial charge in [-0.05, 0) is 44.4 Å². The fourth-order valence-electron chi connectivity index (χ4n) is 1.97. The van der Waals surface area contributed by atoms with Crippen molar-refractivity contribution < 1.29 is 4.74 Å². The molecule has 0 aliphatic rings. The van der Waals surface area contributed by atoms with Crippen molar-refractivity contribution in [3.05, 3.63) is 45.2 Å². The lowest BCUT2D eigenvalue weighted by Crippen LogP contribution is -2.01. The molecule has 0 fully saturated rings. The summed E-state index contributed by atoms with van der Waals surface area (Å²) in [5, 5.41) is 8.14. The molecule has 19 heavy (non-hydrogen) atoms. The van der Waals surface area contributed by atoms with E-state index in [1.807, 2.05) is 26.0 Å². The van der Waals surface area contributed by atoms with Crippen LogP contribution < -0.4 is 4.74 Å². The standard InChI is InChI=1S/C14H16Cl2N2O/c1-9-11(10(2)18-17-9)5-4-8-19-13-7-3-6-12(15)14(13)16/h3,6-7H,4-5,8H2,1-2H3,(H,17,18). The van der Waals surface area contributed by atoms with E-state index in [4.69, 9.17) is 27.9 Å². The van der Waals surface area contributed by atoms with E-state index < -0.39 is 0 Å². The van der Waals surface area contributed by atoms with Gasteiger partial charge in [0.15, 0.2) is 0 Å².